The van der Waals surface area contributed by atoms with Crippen molar-refractivity contribution in [2.75, 3.05) is 13.2 Å². The summed E-state index contributed by atoms with van der Waals surface area (Å²) >= 11 is 1.61. The zero-order valence-electron chi connectivity index (χ0n) is 11.0. The number of aromatic nitrogens is 2. The summed E-state index contributed by atoms with van der Waals surface area (Å²) in [4.78, 5) is 0. The maximum Gasteiger partial charge on any atom is 0.171 e. The minimum Gasteiger partial charge on any atom is -0.486 e. The van der Waals surface area contributed by atoms with Gasteiger partial charge in [-0.2, -0.15) is 0 Å². The molecule has 1 saturated carbocycles. The highest BCUT2D eigenvalue weighted by Gasteiger charge is 2.22. The van der Waals surface area contributed by atoms with Gasteiger partial charge in [0, 0.05) is 12.6 Å². The Labute approximate surface area is 120 Å². The predicted molar refractivity (Wildman–Crippen MR) is 76.2 cm³/mol. The van der Waals surface area contributed by atoms with Crippen LogP contribution in [0, 0.1) is 0 Å². The fraction of sp³-hybridized carbons (Fsp3) is 0.429. The van der Waals surface area contributed by atoms with Crippen LogP contribution < -0.4 is 14.8 Å². The highest BCUT2D eigenvalue weighted by molar-refractivity contribution is 7.14. The third kappa shape index (κ3) is 2.36. The van der Waals surface area contributed by atoms with E-state index in [0.717, 1.165) is 33.6 Å². The minimum atomic E-state index is 0.582. The van der Waals surface area contributed by atoms with E-state index in [0.29, 0.717) is 19.3 Å². The molecule has 0 atom stereocenters. The van der Waals surface area contributed by atoms with Gasteiger partial charge >= 0.3 is 0 Å². The van der Waals surface area contributed by atoms with Gasteiger partial charge in [0.15, 0.2) is 16.5 Å². The van der Waals surface area contributed by atoms with Crippen LogP contribution in [0.4, 0.5) is 0 Å². The van der Waals surface area contributed by atoms with Crippen molar-refractivity contribution in [3.05, 3.63) is 23.2 Å². The molecule has 2 aliphatic rings. The molecule has 1 N–H and O–H groups in total. The van der Waals surface area contributed by atoms with Crippen molar-refractivity contribution in [1.82, 2.24) is 15.5 Å². The summed E-state index contributed by atoms with van der Waals surface area (Å²) in [5.41, 5.74) is 0.970. The number of benzene rings is 1. The number of para-hydroxylation sites is 1. The van der Waals surface area contributed by atoms with Crippen LogP contribution >= 0.6 is 11.3 Å². The number of ether oxygens (including phenoxy) is 2. The largest absolute Gasteiger partial charge is 0.486 e. The summed E-state index contributed by atoms with van der Waals surface area (Å²) in [5, 5.41) is 13.9. The fourth-order valence-electron chi connectivity index (χ4n) is 2.20. The van der Waals surface area contributed by atoms with Gasteiger partial charge < -0.3 is 14.8 Å². The van der Waals surface area contributed by atoms with Gasteiger partial charge in [0.25, 0.3) is 0 Å². The van der Waals surface area contributed by atoms with Crippen molar-refractivity contribution in [1.29, 1.82) is 0 Å². The first kappa shape index (κ1) is 12.1. The fourth-order valence-corrected chi connectivity index (χ4v) is 3.01. The molecule has 1 fully saturated rings. The molecule has 0 amide bonds. The predicted octanol–water partition coefficient (Wildman–Crippen LogP) is 2.23. The van der Waals surface area contributed by atoms with Crippen molar-refractivity contribution in [3.63, 3.8) is 0 Å². The Kier molecular flexibility index (Phi) is 3.05. The highest BCUT2D eigenvalue weighted by Crippen LogP contribution is 2.40. The second-order valence-corrected chi connectivity index (χ2v) is 6.05. The van der Waals surface area contributed by atoms with Gasteiger partial charge in [0.2, 0.25) is 0 Å². The van der Waals surface area contributed by atoms with Crippen molar-refractivity contribution >= 4 is 11.3 Å². The van der Waals surface area contributed by atoms with Crippen LogP contribution in [0.2, 0.25) is 0 Å². The lowest BCUT2D eigenvalue weighted by molar-refractivity contribution is 0.172. The third-order valence-corrected chi connectivity index (χ3v) is 4.34. The Morgan fingerprint density at radius 2 is 2.10 bits per heavy atom. The molecule has 1 aromatic heterocycles. The number of hydrogen-bond acceptors (Lipinski definition) is 6. The average molecular weight is 289 g/mol. The maximum absolute atomic E-state index is 5.72. The second kappa shape index (κ2) is 5.03. The quantitative estimate of drug-likeness (QED) is 0.935. The molecule has 0 saturated heterocycles. The highest BCUT2D eigenvalue weighted by atomic mass is 32.1. The van der Waals surface area contributed by atoms with Crippen molar-refractivity contribution in [3.8, 4) is 22.1 Å². The van der Waals surface area contributed by atoms with E-state index in [2.05, 4.69) is 15.5 Å². The SMILES string of the molecule is c1cc2c(c(-c3nnc(CNC4CC4)s3)c1)OCCO2. The molecule has 20 heavy (non-hydrogen) atoms. The smallest absolute Gasteiger partial charge is 0.171 e. The first-order valence-corrected chi connectivity index (χ1v) is 7.66. The van der Waals surface area contributed by atoms with Gasteiger partial charge in [-0.3, -0.25) is 0 Å². The standard InChI is InChI=1S/C14H15N3O2S/c1-2-10(13-11(3-1)18-6-7-19-13)14-17-16-12(20-14)8-15-9-4-5-9/h1-3,9,15H,4-8H2. The molecule has 1 aromatic carbocycles. The molecule has 5 nitrogen and oxygen atoms in total. The van der Waals surface area contributed by atoms with Crippen molar-refractivity contribution < 1.29 is 9.47 Å². The lowest BCUT2D eigenvalue weighted by atomic mass is 10.2. The third-order valence-electron chi connectivity index (χ3n) is 3.38. The molecule has 6 heteroatoms. The zero-order chi connectivity index (χ0) is 13.4. The summed E-state index contributed by atoms with van der Waals surface area (Å²) < 4.78 is 11.3. The van der Waals surface area contributed by atoms with E-state index in [4.69, 9.17) is 9.47 Å². The zero-order valence-corrected chi connectivity index (χ0v) is 11.8. The van der Waals surface area contributed by atoms with Crippen LogP contribution in [-0.2, 0) is 6.54 Å². The Bertz CT molecular complexity index is 625. The summed E-state index contributed by atoms with van der Waals surface area (Å²) in [6.45, 7) is 1.98. The molecular weight excluding hydrogens is 274 g/mol. The van der Waals surface area contributed by atoms with Crippen LogP contribution in [-0.4, -0.2) is 29.5 Å². The van der Waals surface area contributed by atoms with Gasteiger partial charge in [-0.05, 0) is 25.0 Å². The maximum atomic E-state index is 5.72. The molecule has 2 heterocycles. The van der Waals surface area contributed by atoms with Crippen molar-refractivity contribution in [2.24, 2.45) is 0 Å². The number of hydrogen-bond donors (Lipinski definition) is 1. The summed E-state index contributed by atoms with van der Waals surface area (Å²) in [6.07, 6.45) is 2.56. The average Bonchev–Trinajstić information content (AvgIpc) is 3.21. The van der Waals surface area contributed by atoms with Gasteiger partial charge in [-0.25, -0.2) is 0 Å². The molecule has 0 unspecified atom stereocenters. The first-order valence-electron chi connectivity index (χ1n) is 6.85. The van der Waals surface area contributed by atoms with Crippen LogP contribution in [0.25, 0.3) is 10.6 Å². The monoisotopic (exact) mass is 289 g/mol. The summed E-state index contributed by atoms with van der Waals surface area (Å²) in [7, 11) is 0. The summed E-state index contributed by atoms with van der Waals surface area (Å²) in [6, 6.07) is 6.58. The lowest BCUT2D eigenvalue weighted by Crippen LogP contribution is -2.15. The molecule has 104 valence electrons. The van der Waals surface area contributed by atoms with E-state index in [9.17, 15) is 0 Å². The van der Waals surface area contributed by atoms with E-state index in [1.165, 1.54) is 12.8 Å². The molecule has 2 aromatic rings. The number of fused-ring (bicyclic) bond motifs is 1. The van der Waals surface area contributed by atoms with Crippen LogP contribution in [0.15, 0.2) is 18.2 Å². The van der Waals surface area contributed by atoms with Crippen LogP contribution in [0.3, 0.4) is 0 Å². The summed E-state index contributed by atoms with van der Waals surface area (Å²) in [5.74, 6) is 1.58. The Balaban J connectivity index is 1.60. The molecule has 1 aliphatic heterocycles. The van der Waals surface area contributed by atoms with Crippen LogP contribution in [0.5, 0.6) is 11.5 Å². The molecule has 0 radical (unpaired) electrons. The van der Waals surface area contributed by atoms with E-state index in [-0.39, 0.29) is 0 Å². The van der Waals surface area contributed by atoms with Crippen molar-refractivity contribution in [2.45, 2.75) is 25.4 Å². The van der Waals surface area contributed by atoms with E-state index in [1.807, 2.05) is 18.2 Å². The van der Waals surface area contributed by atoms with Gasteiger partial charge in [0.1, 0.15) is 18.2 Å². The number of rotatable bonds is 4. The Morgan fingerprint density at radius 3 is 3.00 bits per heavy atom. The molecule has 0 spiro atoms. The van der Waals surface area contributed by atoms with E-state index >= 15 is 0 Å². The van der Waals surface area contributed by atoms with E-state index in [1.54, 1.807) is 11.3 Å². The Morgan fingerprint density at radius 1 is 1.20 bits per heavy atom. The van der Waals surface area contributed by atoms with E-state index < -0.39 is 0 Å². The molecular formula is C14H15N3O2S. The number of nitrogens with one attached hydrogen (secondary N) is 1. The molecule has 4 rings (SSSR count). The van der Waals surface area contributed by atoms with Gasteiger partial charge in [-0.15, -0.1) is 10.2 Å². The number of nitrogens with zero attached hydrogens (tertiary/aromatic N) is 2. The van der Waals surface area contributed by atoms with Gasteiger partial charge in [-0.1, -0.05) is 17.4 Å². The second-order valence-electron chi connectivity index (χ2n) is 4.99. The topological polar surface area (TPSA) is 56.3 Å². The molecule has 0 bridgehead atoms. The first-order chi connectivity index (χ1) is 9.90. The Hall–Kier alpha value is -1.66. The van der Waals surface area contributed by atoms with Crippen LogP contribution in [0.1, 0.15) is 17.8 Å². The minimum absolute atomic E-state index is 0.582. The van der Waals surface area contributed by atoms with Gasteiger partial charge in [0.05, 0.1) is 5.56 Å². The normalized spacial score (nSPS) is 17.2. The lowest BCUT2D eigenvalue weighted by Gasteiger charge is -2.19. The molecule has 1 aliphatic carbocycles.